The molecule has 1 N–H and O–H groups in total. The highest BCUT2D eigenvalue weighted by molar-refractivity contribution is 5.95. The zero-order valence-corrected chi connectivity index (χ0v) is 17.1. The molecular weight excluding hydrogens is 378 g/mol. The monoisotopic (exact) mass is 403 g/mol. The highest BCUT2D eigenvalue weighted by Crippen LogP contribution is 2.31. The van der Waals surface area contributed by atoms with E-state index < -0.39 is 24.5 Å². The molecule has 8 heteroatoms. The number of rotatable bonds is 9. The van der Waals surface area contributed by atoms with Crippen molar-refractivity contribution in [2.24, 2.45) is 0 Å². The molecule has 0 saturated carbocycles. The Morgan fingerprint density at radius 2 is 1.66 bits per heavy atom. The quantitative estimate of drug-likeness (QED) is 0.644. The highest BCUT2D eigenvalue weighted by Gasteiger charge is 2.20. The van der Waals surface area contributed by atoms with Gasteiger partial charge in [-0.2, -0.15) is 0 Å². The second-order valence-corrected chi connectivity index (χ2v) is 6.01. The smallest absolute Gasteiger partial charge is 0.342 e. The van der Waals surface area contributed by atoms with Crippen LogP contribution in [-0.4, -0.2) is 46.9 Å². The van der Waals surface area contributed by atoms with Crippen LogP contribution in [-0.2, 0) is 9.53 Å². The van der Waals surface area contributed by atoms with Crippen LogP contribution in [0.5, 0.6) is 23.0 Å². The first kappa shape index (κ1) is 21.9. The maximum atomic E-state index is 12.4. The largest absolute Gasteiger partial charge is 0.497 e. The van der Waals surface area contributed by atoms with Crippen molar-refractivity contribution in [2.45, 2.75) is 13.0 Å². The van der Waals surface area contributed by atoms with Crippen LogP contribution < -0.4 is 24.3 Å². The third kappa shape index (κ3) is 5.31. The minimum absolute atomic E-state index is 0.169. The molecule has 0 saturated heterocycles. The lowest BCUT2D eigenvalue weighted by molar-refractivity contribution is -0.124. The lowest BCUT2D eigenvalue weighted by Gasteiger charge is -2.18. The SMILES string of the molecule is COc1ccc(OC)c([C@@H](C)NC(=O)COC(=O)c2cccc(OC)c2OC)c1. The van der Waals surface area contributed by atoms with Gasteiger partial charge in [-0.3, -0.25) is 4.79 Å². The Balaban J connectivity index is 2.03. The van der Waals surface area contributed by atoms with E-state index in [0.717, 1.165) is 5.56 Å². The zero-order valence-electron chi connectivity index (χ0n) is 17.1. The van der Waals surface area contributed by atoms with Crippen molar-refractivity contribution in [3.63, 3.8) is 0 Å². The Bertz CT molecular complexity index is 866. The average Bonchev–Trinajstić information content (AvgIpc) is 2.75. The van der Waals surface area contributed by atoms with Crippen LogP contribution in [0.1, 0.15) is 28.9 Å². The van der Waals surface area contributed by atoms with E-state index in [2.05, 4.69) is 5.32 Å². The molecular formula is C21H25NO7. The fraction of sp³-hybridized carbons (Fsp3) is 0.333. The summed E-state index contributed by atoms with van der Waals surface area (Å²) in [6.07, 6.45) is 0. The van der Waals surface area contributed by atoms with E-state index >= 15 is 0 Å². The molecule has 1 atom stereocenters. The average molecular weight is 403 g/mol. The maximum absolute atomic E-state index is 12.4. The summed E-state index contributed by atoms with van der Waals surface area (Å²) in [5.41, 5.74) is 0.906. The van der Waals surface area contributed by atoms with Gasteiger partial charge in [-0.25, -0.2) is 4.79 Å². The van der Waals surface area contributed by atoms with Crippen molar-refractivity contribution in [3.8, 4) is 23.0 Å². The first-order chi connectivity index (χ1) is 13.9. The fourth-order valence-corrected chi connectivity index (χ4v) is 2.80. The molecule has 0 spiro atoms. The first-order valence-electron chi connectivity index (χ1n) is 8.84. The molecule has 2 aromatic rings. The van der Waals surface area contributed by atoms with Gasteiger partial charge in [0.05, 0.1) is 34.5 Å². The van der Waals surface area contributed by atoms with Crippen molar-refractivity contribution in [1.29, 1.82) is 0 Å². The summed E-state index contributed by atoms with van der Waals surface area (Å²) in [4.78, 5) is 24.6. The number of hydrogen-bond donors (Lipinski definition) is 1. The van der Waals surface area contributed by atoms with Crippen molar-refractivity contribution in [1.82, 2.24) is 5.32 Å². The molecule has 0 radical (unpaired) electrons. The highest BCUT2D eigenvalue weighted by atomic mass is 16.5. The van der Waals surface area contributed by atoms with Crippen LogP contribution in [0.15, 0.2) is 36.4 Å². The first-order valence-corrected chi connectivity index (χ1v) is 8.84. The standard InChI is InChI=1S/C21H25NO7/c1-13(16-11-14(25-2)9-10-17(16)26-3)22-19(23)12-29-21(24)15-7-6-8-18(27-4)20(15)28-5/h6-11,13H,12H2,1-5H3,(H,22,23)/t13-/m1/s1. The van der Waals surface area contributed by atoms with Gasteiger partial charge in [0.2, 0.25) is 0 Å². The predicted molar refractivity (Wildman–Crippen MR) is 106 cm³/mol. The summed E-state index contributed by atoms with van der Waals surface area (Å²) in [6.45, 7) is 1.35. The number of amides is 1. The van der Waals surface area contributed by atoms with Crippen LogP contribution in [0.4, 0.5) is 0 Å². The van der Waals surface area contributed by atoms with Gasteiger partial charge in [-0.15, -0.1) is 0 Å². The van der Waals surface area contributed by atoms with E-state index in [1.807, 2.05) is 0 Å². The van der Waals surface area contributed by atoms with Crippen molar-refractivity contribution < 1.29 is 33.3 Å². The summed E-state index contributed by atoms with van der Waals surface area (Å²) >= 11 is 0. The number of carbonyl (C=O) groups excluding carboxylic acids is 2. The summed E-state index contributed by atoms with van der Waals surface area (Å²) in [5.74, 6) is 0.732. The zero-order chi connectivity index (χ0) is 21.4. The number of ether oxygens (including phenoxy) is 5. The van der Waals surface area contributed by atoms with Gasteiger partial charge in [0.25, 0.3) is 5.91 Å². The molecule has 156 valence electrons. The lowest BCUT2D eigenvalue weighted by Crippen LogP contribution is -2.31. The van der Waals surface area contributed by atoms with Gasteiger partial charge in [0.15, 0.2) is 18.1 Å². The molecule has 8 nitrogen and oxygen atoms in total. The number of methoxy groups -OCH3 is 4. The Hall–Kier alpha value is -3.42. The fourth-order valence-electron chi connectivity index (χ4n) is 2.80. The third-order valence-electron chi connectivity index (χ3n) is 4.24. The topological polar surface area (TPSA) is 92.3 Å². The second-order valence-electron chi connectivity index (χ2n) is 6.01. The van der Waals surface area contributed by atoms with E-state index in [4.69, 9.17) is 23.7 Å². The summed E-state index contributed by atoms with van der Waals surface area (Å²) in [6, 6.07) is 9.73. The van der Waals surface area contributed by atoms with Crippen LogP contribution in [0, 0.1) is 0 Å². The summed E-state index contributed by atoms with van der Waals surface area (Å²) in [7, 11) is 5.99. The summed E-state index contributed by atoms with van der Waals surface area (Å²) in [5, 5.41) is 2.77. The molecule has 29 heavy (non-hydrogen) atoms. The van der Waals surface area contributed by atoms with Crippen LogP contribution in [0.2, 0.25) is 0 Å². The van der Waals surface area contributed by atoms with Gasteiger partial charge in [0.1, 0.15) is 17.1 Å². The molecule has 0 aliphatic carbocycles. The van der Waals surface area contributed by atoms with Crippen molar-refractivity contribution >= 4 is 11.9 Å². The Labute approximate surface area is 169 Å². The molecule has 2 aromatic carbocycles. The molecule has 0 bridgehead atoms. The van der Waals surface area contributed by atoms with E-state index in [0.29, 0.717) is 17.2 Å². The number of carbonyl (C=O) groups is 2. The normalized spacial score (nSPS) is 11.2. The molecule has 0 unspecified atom stereocenters. The molecule has 0 aliphatic heterocycles. The van der Waals surface area contributed by atoms with Gasteiger partial charge >= 0.3 is 5.97 Å². The molecule has 1 amide bonds. The lowest BCUT2D eigenvalue weighted by atomic mass is 10.1. The van der Waals surface area contributed by atoms with Crippen LogP contribution in [0.25, 0.3) is 0 Å². The summed E-state index contributed by atoms with van der Waals surface area (Å²) < 4.78 is 26.1. The molecule has 0 fully saturated rings. The van der Waals surface area contributed by atoms with E-state index in [1.165, 1.54) is 20.3 Å². The van der Waals surface area contributed by atoms with Gasteiger partial charge in [0, 0.05) is 5.56 Å². The Morgan fingerprint density at radius 1 is 0.931 bits per heavy atom. The Morgan fingerprint density at radius 3 is 2.28 bits per heavy atom. The number of esters is 1. The van der Waals surface area contributed by atoms with E-state index in [-0.39, 0.29) is 11.3 Å². The van der Waals surface area contributed by atoms with E-state index in [9.17, 15) is 9.59 Å². The number of para-hydroxylation sites is 1. The Kier molecular flexibility index (Phi) is 7.70. The van der Waals surface area contributed by atoms with Gasteiger partial charge in [-0.05, 0) is 37.3 Å². The third-order valence-corrected chi connectivity index (χ3v) is 4.24. The van der Waals surface area contributed by atoms with Crippen molar-refractivity contribution in [3.05, 3.63) is 47.5 Å². The maximum Gasteiger partial charge on any atom is 0.342 e. The number of hydrogen-bond acceptors (Lipinski definition) is 7. The second kappa shape index (κ2) is 10.2. The van der Waals surface area contributed by atoms with Gasteiger partial charge in [-0.1, -0.05) is 6.07 Å². The minimum atomic E-state index is -0.692. The van der Waals surface area contributed by atoms with Crippen molar-refractivity contribution in [2.75, 3.05) is 35.0 Å². The molecule has 2 rings (SSSR count). The van der Waals surface area contributed by atoms with Gasteiger partial charge < -0.3 is 29.0 Å². The number of nitrogens with one attached hydrogen (secondary N) is 1. The van der Waals surface area contributed by atoms with E-state index in [1.54, 1.807) is 51.5 Å². The van der Waals surface area contributed by atoms with Crippen LogP contribution >= 0.6 is 0 Å². The predicted octanol–water partition coefficient (Wildman–Crippen LogP) is 2.76. The minimum Gasteiger partial charge on any atom is -0.497 e. The molecule has 0 heterocycles. The molecule has 0 aliphatic rings. The molecule has 0 aromatic heterocycles. The van der Waals surface area contributed by atoms with Crippen LogP contribution in [0.3, 0.4) is 0 Å². The number of benzene rings is 2.